The van der Waals surface area contributed by atoms with E-state index in [1.165, 1.54) is 29.3 Å². The molecule has 0 bridgehead atoms. The molecule has 1 aliphatic heterocycles. The van der Waals surface area contributed by atoms with E-state index in [1.807, 2.05) is 0 Å². The highest BCUT2D eigenvalue weighted by molar-refractivity contribution is 6.76. The Morgan fingerprint density at radius 1 is 0.952 bits per heavy atom. The van der Waals surface area contributed by atoms with Gasteiger partial charge < -0.3 is 5.32 Å². The van der Waals surface area contributed by atoms with Gasteiger partial charge in [0.05, 0.1) is 6.04 Å². The van der Waals surface area contributed by atoms with E-state index in [1.54, 1.807) is 0 Å². The molecule has 1 nitrogen and oxygen atoms in total. The molecule has 0 radical (unpaired) electrons. The van der Waals surface area contributed by atoms with Gasteiger partial charge in [0.25, 0.3) is 0 Å². The van der Waals surface area contributed by atoms with Crippen molar-refractivity contribution in [1.82, 2.24) is 0 Å². The number of rotatable bonds is 3. The Bertz CT molecular complexity index is 600. The van der Waals surface area contributed by atoms with Gasteiger partial charge in [-0.3, -0.25) is 0 Å². The van der Waals surface area contributed by atoms with Gasteiger partial charge in [-0.25, -0.2) is 0 Å². The van der Waals surface area contributed by atoms with Gasteiger partial charge in [0, 0.05) is 13.8 Å². The third kappa shape index (κ3) is 3.38. The average Bonchev–Trinajstić information content (AvgIpc) is 2.46. The first kappa shape index (κ1) is 14.4. The van der Waals surface area contributed by atoms with Crippen LogP contribution >= 0.6 is 0 Å². The molecule has 2 atom stereocenters. The predicted molar refractivity (Wildman–Crippen MR) is 94.8 cm³/mol. The molecule has 21 heavy (non-hydrogen) atoms. The molecule has 0 aliphatic carbocycles. The summed E-state index contributed by atoms with van der Waals surface area (Å²) in [5, 5.41) is 3.74. The number of para-hydroxylation sites is 1. The number of anilines is 1. The summed E-state index contributed by atoms with van der Waals surface area (Å²) in [6.45, 7) is 7.44. The molecule has 1 N–H and O–H groups in total. The molecule has 2 aromatic carbocycles. The second-order valence-corrected chi connectivity index (χ2v) is 12.9. The number of fused-ring (bicyclic) bond motifs is 1. The highest BCUT2D eigenvalue weighted by atomic mass is 28.3. The van der Waals surface area contributed by atoms with Gasteiger partial charge in [0.15, 0.2) is 0 Å². The van der Waals surface area contributed by atoms with Crippen molar-refractivity contribution in [2.45, 2.75) is 44.1 Å². The van der Waals surface area contributed by atoms with Gasteiger partial charge in [-0.2, -0.15) is 0 Å². The Kier molecular flexibility index (Phi) is 3.90. The summed E-state index contributed by atoms with van der Waals surface area (Å²) in [6, 6.07) is 21.6. The van der Waals surface area contributed by atoms with E-state index in [4.69, 9.17) is 0 Å². The highest BCUT2D eigenvalue weighted by Crippen LogP contribution is 2.43. The van der Waals surface area contributed by atoms with Gasteiger partial charge in [-0.15, -0.1) is 0 Å². The molecule has 0 saturated carbocycles. The average molecular weight is 296 g/mol. The zero-order chi connectivity index (χ0) is 14.9. The summed E-state index contributed by atoms with van der Waals surface area (Å²) < 4.78 is 0. The van der Waals surface area contributed by atoms with E-state index in [-0.39, 0.29) is 0 Å². The maximum atomic E-state index is 3.74. The van der Waals surface area contributed by atoms with E-state index in [0.717, 1.165) is 0 Å². The highest BCUT2D eigenvalue weighted by Gasteiger charge is 2.30. The van der Waals surface area contributed by atoms with E-state index in [9.17, 15) is 0 Å². The molecule has 0 fully saturated rings. The third-order valence-electron chi connectivity index (χ3n) is 4.31. The molecular weight excluding hydrogens is 270 g/mol. The molecular formula is C19H25NSi. The lowest BCUT2D eigenvalue weighted by Crippen LogP contribution is -2.28. The molecule has 2 unspecified atom stereocenters. The van der Waals surface area contributed by atoms with Crippen LogP contribution < -0.4 is 5.32 Å². The molecule has 3 rings (SSSR count). The van der Waals surface area contributed by atoms with Crippen LogP contribution in [0.5, 0.6) is 0 Å². The zero-order valence-electron chi connectivity index (χ0n) is 13.3. The number of nitrogens with one attached hydrogen (secondary N) is 1. The second-order valence-electron chi connectivity index (χ2n) is 7.39. The van der Waals surface area contributed by atoms with Crippen LogP contribution in [0.25, 0.3) is 0 Å². The van der Waals surface area contributed by atoms with Crippen LogP contribution in [0.2, 0.25) is 25.7 Å². The number of hydrogen-bond donors (Lipinski definition) is 1. The van der Waals surface area contributed by atoms with Crippen molar-refractivity contribution in [3.05, 3.63) is 65.7 Å². The normalized spacial score (nSPS) is 21.5. The van der Waals surface area contributed by atoms with Crippen molar-refractivity contribution >= 4 is 13.8 Å². The fourth-order valence-corrected chi connectivity index (χ4v) is 5.34. The Labute approximate surface area is 129 Å². The Morgan fingerprint density at radius 3 is 2.33 bits per heavy atom. The Morgan fingerprint density at radius 2 is 1.62 bits per heavy atom. The van der Waals surface area contributed by atoms with Gasteiger partial charge in [-0.1, -0.05) is 74.2 Å². The summed E-state index contributed by atoms with van der Waals surface area (Å²) >= 11 is 0. The molecule has 0 aromatic heterocycles. The Balaban J connectivity index is 1.93. The lowest BCUT2D eigenvalue weighted by molar-refractivity contribution is 0.574. The van der Waals surface area contributed by atoms with Crippen molar-refractivity contribution in [1.29, 1.82) is 0 Å². The molecule has 2 heteroatoms. The number of hydrogen-bond acceptors (Lipinski definition) is 1. The minimum absolute atomic E-state index is 0.447. The summed E-state index contributed by atoms with van der Waals surface area (Å²) in [5.74, 6) is 0.694. The van der Waals surface area contributed by atoms with Crippen LogP contribution in [0, 0.1) is 0 Å². The lowest BCUT2D eigenvalue weighted by atomic mass is 9.85. The van der Waals surface area contributed by atoms with Crippen molar-refractivity contribution in [2.24, 2.45) is 0 Å². The molecule has 1 aliphatic rings. The second kappa shape index (κ2) is 5.68. The number of benzene rings is 2. The lowest BCUT2D eigenvalue weighted by Gasteiger charge is -2.36. The summed E-state index contributed by atoms with van der Waals surface area (Å²) in [4.78, 5) is 0. The van der Waals surface area contributed by atoms with Crippen molar-refractivity contribution in [3.63, 3.8) is 0 Å². The summed E-state index contributed by atoms with van der Waals surface area (Å²) in [7, 11) is -1.07. The summed E-state index contributed by atoms with van der Waals surface area (Å²) in [6.07, 6.45) is 1.21. The molecule has 0 amide bonds. The fraction of sp³-hybridized carbons (Fsp3) is 0.368. The minimum atomic E-state index is -1.07. The molecule has 2 aromatic rings. The fourth-order valence-electron chi connectivity index (χ4n) is 3.48. The van der Waals surface area contributed by atoms with Gasteiger partial charge in [0.1, 0.15) is 0 Å². The quantitative estimate of drug-likeness (QED) is 0.720. The Hall–Kier alpha value is -1.54. The van der Waals surface area contributed by atoms with Crippen molar-refractivity contribution < 1.29 is 0 Å². The van der Waals surface area contributed by atoms with Crippen LogP contribution in [-0.4, -0.2) is 8.07 Å². The van der Waals surface area contributed by atoms with Crippen molar-refractivity contribution in [2.75, 3.05) is 5.32 Å². The third-order valence-corrected chi connectivity index (χ3v) is 6.03. The standard InChI is InChI=1S/C19H25NSi/c1-21(2,3)14-16-13-19(15-9-5-4-6-10-15)20-18-12-8-7-11-17(16)18/h4-12,16,19-20H,13-14H2,1-3H3. The molecule has 1 heterocycles. The maximum absolute atomic E-state index is 3.74. The largest absolute Gasteiger partial charge is 0.378 e. The minimum Gasteiger partial charge on any atom is -0.378 e. The topological polar surface area (TPSA) is 12.0 Å². The van der Waals surface area contributed by atoms with Crippen LogP contribution in [0.3, 0.4) is 0 Å². The maximum Gasteiger partial charge on any atom is 0.0519 e. The van der Waals surface area contributed by atoms with E-state index in [0.29, 0.717) is 12.0 Å². The first-order chi connectivity index (χ1) is 10.0. The van der Waals surface area contributed by atoms with Crippen LogP contribution in [0.15, 0.2) is 54.6 Å². The smallest absolute Gasteiger partial charge is 0.0519 e. The SMILES string of the molecule is C[Si](C)(C)CC1CC(c2ccccc2)Nc2ccccc21. The van der Waals surface area contributed by atoms with E-state index < -0.39 is 8.07 Å². The molecule has 0 saturated heterocycles. The van der Waals surface area contributed by atoms with Gasteiger partial charge >= 0.3 is 0 Å². The summed E-state index contributed by atoms with van der Waals surface area (Å²) in [5.41, 5.74) is 4.26. The van der Waals surface area contributed by atoms with E-state index in [2.05, 4.69) is 79.6 Å². The van der Waals surface area contributed by atoms with Crippen LogP contribution in [0.4, 0.5) is 5.69 Å². The zero-order valence-corrected chi connectivity index (χ0v) is 14.3. The van der Waals surface area contributed by atoms with Gasteiger partial charge in [0.2, 0.25) is 0 Å². The van der Waals surface area contributed by atoms with Crippen molar-refractivity contribution in [3.8, 4) is 0 Å². The first-order valence-corrected chi connectivity index (χ1v) is 11.6. The predicted octanol–water partition coefficient (Wildman–Crippen LogP) is 5.67. The van der Waals surface area contributed by atoms with Gasteiger partial charge in [-0.05, 0) is 29.5 Å². The molecule has 0 spiro atoms. The monoisotopic (exact) mass is 295 g/mol. The van der Waals surface area contributed by atoms with Crippen LogP contribution in [0.1, 0.15) is 29.5 Å². The van der Waals surface area contributed by atoms with E-state index >= 15 is 0 Å². The van der Waals surface area contributed by atoms with Crippen LogP contribution in [-0.2, 0) is 0 Å². The molecule has 110 valence electrons. The first-order valence-electron chi connectivity index (χ1n) is 7.93.